The molecule has 1 fully saturated rings. The van der Waals surface area contributed by atoms with Crippen LogP contribution in [0.15, 0.2) is 24.3 Å². The summed E-state index contributed by atoms with van der Waals surface area (Å²) in [5.74, 6) is 2.83. The molecule has 1 aromatic rings. The van der Waals surface area contributed by atoms with Crippen LogP contribution in [0.25, 0.3) is 0 Å². The minimum Gasteiger partial charge on any atom is -0.496 e. The molecule has 0 amide bonds. The van der Waals surface area contributed by atoms with Gasteiger partial charge in [-0.3, -0.25) is 0 Å². The third-order valence-corrected chi connectivity index (χ3v) is 4.62. The van der Waals surface area contributed by atoms with Crippen molar-refractivity contribution in [2.45, 2.75) is 32.6 Å². The summed E-state index contributed by atoms with van der Waals surface area (Å²) < 4.78 is 5.53. The Labute approximate surface area is 129 Å². The van der Waals surface area contributed by atoms with Crippen molar-refractivity contribution < 1.29 is 4.74 Å². The standard InChI is InChI=1S/C18H30N2O/c1-14(2)13-20-10-8-15(9-11-20)17(12-19)16-6-4-5-7-18(16)21-3/h4-7,14-15,17H,8-13,19H2,1-3H3. The molecule has 3 heteroatoms. The van der Waals surface area contributed by atoms with Gasteiger partial charge in [0.05, 0.1) is 7.11 Å². The number of para-hydroxylation sites is 1. The highest BCUT2D eigenvalue weighted by molar-refractivity contribution is 5.37. The SMILES string of the molecule is COc1ccccc1C(CN)C1CCN(CC(C)C)CC1. The van der Waals surface area contributed by atoms with Crippen LogP contribution in [-0.2, 0) is 0 Å². The molecule has 0 spiro atoms. The van der Waals surface area contributed by atoms with Crippen LogP contribution in [0, 0.1) is 11.8 Å². The average molecular weight is 290 g/mol. The van der Waals surface area contributed by atoms with E-state index in [1.807, 2.05) is 12.1 Å². The van der Waals surface area contributed by atoms with Crippen LogP contribution in [0.1, 0.15) is 38.2 Å². The number of nitrogens with zero attached hydrogens (tertiary/aromatic N) is 1. The van der Waals surface area contributed by atoms with E-state index in [-0.39, 0.29) is 0 Å². The largest absolute Gasteiger partial charge is 0.496 e. The van der Waals surface area contributed by atoms with Gasteiger partial charge >= 0.3 is 0 Å². The van der Waals surface area contributed by atoms with Crippen molar-refractivity contribution in [3.8, 4) is 5.75 Å². The van der Waals surface area contributed by atoms with E-state index < -0.39 is 0 Å². The van der Waals surface area contributed by atoms with Crippen molar-refractivity contribution in [3.63, 3.8) is 0 Å². The van der Waals surface area contributed by atoms with E-state index >= 15 is 0 Å². The van der Waals surface area contributed by atoms with Gasteiger partial charge in [-0.25, -0.2) is 0 Å². The normalized spacial score (nSPS) is 18.9. The van der Waals surface area contributed by atoms with Crippen LogP contribution in [-0.4, -0.2) is 38.2 Å². The lowest BCUT2D eigenvalue weighted by Gasteiger charge is -2.37. The zero-order valence-electron chi connectivity index (χ0n) is 13.7. The Kier molecular flexibility index (Phi) is 6.07. The second-order valence-electron chi connectivity index (χ2n) is 6.62. The van der Waals surface area contributed by atoms with E-state index in [2.05, 4.69) is 30.9 Å². The molecule has 0 aliphatic carbocycles. The first-order valence-electron chi connectivity index (χ1n) is 8.21. The van der Waals surface area contributed by atoms with Crippen LogP contribution in [0.2, 0.25) is 0 Å². The molecule has 1 atom stereocenters. The van der Waals surface area contributed by atoms with Gasteiger partial charge in [0, 0.05) is 12.5 Å². The molecule has 2 N–H and O–H groups in total. The van der Waals surface area contributed by atoms with E-state index in [0.29, 0.717) is 18.4 Å². The highest BCUT2D eigenvalue weighted by atomic mass is 16.5. The Morgan fingerprint density at radius 2 is 1.90 bits per heavy atom. The van der Waals surface area contributed by atoms with Gasteiger partial charge in [0.25, 0.3) is 0 Å². The monoisotopic (exact) mass is 290 g/mol. The Morgan fingerprint density at radius 3 is 2.48 bits per heavy atom. The predicted molar refractivity (Wildman–Crippen MR) is 88.8 cm³/mol. The fraction of sp³-hybridized carbons (Fsp3) is 0.667. The topological polar surface area (TPSA) is 38.5 Å². The van der Waals surface area contributed by atoms with Crippen LogP contribution >= 0.6 is 0 Å². The summed E-state index contributed by atoms with van der Waals surface area (Å²) in [4.78, 5) is 2.59. The fourth-order valence-corrected chi connectivity index (χ4v) is 3.60. The molecule has 3 nitrogen and oxygen atoms in total. The maximum absolute atomic E-state index is 6.11. The Hall–Kier alpha value is -1.06. The highest BCUT2D eigenvalue weighted by Crippen LogP contribution is 2.36. The summed E-state index contributed by atoms with van der Waals surface area (Å²) in [7, 11) is 1.75. The number of benzene rings is 1. The molecule has 1 unspecified atom stereocenters. The lowest BCUT2D eigenvalue weighted by atomic mass is 9.79. The summed E-state index contributed by atoms with van der Waals surface area (Å²) in [6.45, 7) is 8.92. The van der Waals surface area contributed by atoms with Gasteiger partial charge in [0.15, 0.2) is 0 Å². The molecule has 21 heavy (non-hydrogen) atoms. The van der Waals surface area contributed by atoms with E-state index in [1.165, 1.54) is 38.0 Å². The van der Waals surface area contributed by atoms with Crippen LogP contribution < -0.4 is 10.5 Å². The summed E-state index contributed by atoms with van der Waals surface area (Å²) in [6.07, 6.45) is 2.49. The smallest absolute Gasteiger partial charge is 0.122 e. The second kappa shape index (κ2) is 7.81. The molecule has 118 valence electrons. The molecule has 1 saturated heterocycles. The van der Waals surface area contributed by atoms with Gasteiger partial charge in [-0.05, 0) is 55.9 Å². The van der Waals surface area contributed by atoms with Crippen molar-refractivity contribution >= 4 is 0 Å². The van der Waals surface area contributed by atoms with Gasteiger partial charge < -0.3 is 15.4 Å². The average Bonchev–Trinajstić information content (AvgIpc) is 2.49. The molecule has 1 heterocycles. The minimum absolute atomic E-state index is 0.419. The Morgan fingerprint density at radius 1 is 1.24 bits per heavy atom. The molecular weight excluding hydrogens is 260 g/mol. The number of likely N-dealkylation sites (tertiary alicyclic amines) is 1. The number of hydrogen-bond acceptors (Lipinski definition) is 3. The van der Waals surface area contributed by atoms with Crippen LogP contribution in [0.3, 0.4) is 0 Å². The molecule has 0 aromatic heterocycles. The lowest BCUT2D eigenvalue weighted by Crippen LogP contribution is -2.38. The van der Waals surface area contributed by atoms with Crippen molar-refractivity contribution in [2.75, 3.05) is 33.3 Å². The van der Waals surface area contributed by atoms with Crippen LogP contribution in [0.4, 0.5) is 0 Å². The maximum Gasteiger partial charge on any atom is 0.122 e. The molecule has 1 aromatic carbocycles. The molecule has 0 saturated carbocycles. The first-order chi connectivity index (χ1) is 10.2. The Bertz CT molecular complexity index is 425. The van der Waals surface area contributed by atoms with E-state index in [1.54, 1.807) is 7.11 Å². The molecule has 2 rings (SSSR count). The number of hydrogen-bond donors (Lipinski definition) is 1. The number of piperidine rings is 1. The van der Waals surface area contributed by atoms with Gasteiger partial charge in [-0.2, -0.15) is 0 Å². The summed E-state index contributed by atoms with van der Waals surface area (Å²) in [5.41, 5.74) is 7.39. The highest BCUT2D eigenvalue weighted by Gasteiger charge is 2.28. The summed E-state index contributed by atoms with van der Waals surface area (Å²) in [6, 6.07) is 8.35. The van der Waals surface area contributed by atoms with Crippen molar-refractivity contribution in [3.05, 3.63) is 29.8 Å². The van der Waals surface area contributed by atoms with E-state index in [4.69, 9.17) is 10.5 Å². The van der Waals surface area contributed by atoms with E-state index in [0.717, 1.165) is 11.7 Å². The van der Waals surface area contributed by atoms with Crippen molar-refractivity contribution in [1.29, 1.82) is 0 Å². The molecule has 1 aliphatic rings. The number of ether oxygens (including phenoxy) is 1. The first-order valence-corrected chi connectivity index (χ1v) is 8.21. The number of rotatable bonds is 6. The van der Waals surface area contributed by atoms with Gasteiger partial charge in [-0.1, -0.05) is 32.0 Å². The lowest BCUT2D eigenvalue weighted by molar-refractivity contribution is 0.154. The maximum atomic E-state index is 6.11. The van der Waals surface area contributed by atoms with Crippen LogP contribution in [0.5, 0.6) is 5.75 Å². The number of nitrogens with two attached hydrogens (primary N) is 1. The first kappa shape index (κ1) is 16.3. The third-order valence-electron chi connectivity index (χ3n) is 4.62. The predicted octanol–water partition coefficient (Wildman–Crippen LogP) is 3.11. The third kappa shape index (κ3) is 4.21. The van der Waals surface area contributed by atoms with Gasteiger partial charge in [0.2, 0.25) is 0 Å². The summed E-state index contributed by atoms with van der Waals surface area (Å²) >= 11 is 0. The fourth-order valence-electron chi connectivity index (χ4n) is 3.60. The zero-order chi connectivity index (χ0) is 15.2. The van der Waals surface area contributed by atoms with E-state index in [9.17, 15) is 0 Å². The van der Waals surface area contributed by atoms with Gasteiger partial charge in [-0.15, -0.1) is 0 Å². The quantitative estimate of drug-likeness (QED) is 0.875. The molecular formula is C18H30N2O. The van der Waals surface area contributed by atoms with Crippen molar-refractivity contribution in [1.82, 2.24) is 4.90 Å². The molecule has 0 radical (unpaired) electrons. The summed E-state index contributed by atoms with van der Waals surface area (Å²) in [5, 5.41) is 0. The van der Waals surface area contributed by atoms with Gasteiger partial charge in [0.1, 0.15) is 5.75 Å². The zero-order valence-corrected chi connectivity index (χ0v) is 13.7. The second-order valence-corrected chi connectivity index (χ2v) is 6.62. The number of methoxy groups -OCH3 is 1. The van der Waals surface area contributed by atoms with Crippen molar-refractivity contribution in [2.24, 2.45) is 17.6 Å². The minimum atomic E-state index is 0.419. The molecule has 0 bridgehead atoms. The molecule has 1 aliphatic heterocycles. The Balaban J connectivity index is 2.03.